The number of fused-ring (bicyclic) bond motifs is 1. The second-order valence-corrected chi connectivity index (χ2v) is 4.99. The van der Waals surface area contributed by atoms with Crippen LogP contribution in [-0.4, -0.2) is 18.3 Å². The monoisotopic (exact) mass is 254 g/mol. The summed E-state index contributed by atoms with van der Waals surface area (Å²) in [6.07, 6.45) is 1.76. The lowest BCUT2D eigenvalue weighted by Crippen LogP contribution is -2.23. The van der Waals surface area contributed by atoms with Gasteiger partial charge in [0.1, 0.15) is 5.75 Å². The van der Waals surface area contributed by atoms with Crippen molar-refractivity contribution < 1.29 is 9.84 Å². The predicted molar refractivity (Wildman–Crippen MR) is 75.6 cm³/mol. The molecule has 2 aromatic rings. The quantitative estimate of drug-likeness (QED) is 0.889. The van der Waals surface area contributed by atoms with Crippen molar-refractivity contribution in [3.63, 3.8) is 0 Å². The fourth-order valence-electron chi connectivity index (χ4n) is 2.67. The molecule has 0 aliphatic heterocycles. The molecule has 2 aromatic carbocycles. The summed E-state index contributed by atoms with van der Waals surface area (Å²) in [5.41, 5.74) is 3.94. The number of aliphatic hydroxyl groups excluding tert-OH is 1. The second kappa shape index (κ2) is 5.45. The van der Waals surface area contributed by atoms with E-state index in [0.717, 1.165) is 24.3 Å². The van der Waals surface area contributed by atoms with Crippen molar-refractivity contribution in [3.8, 4) is 5.75 Å². The van der Waals surface area contributed by atoms with Gasteiger partial charge in [-0.3, -0.25) is 0 Å². The lowest BCUT2D eigenvalue weighted by atomic mass is 9.78. The molecule has 1 atom stereocenters. The smallest absolute Gasteiger partial charge is 0.122 e. The maximum Gasteiger partial charge on any atom is 0.122 e. The molecule has 1 unspecified atom stereocenters. The molecule has 1 aliphatic rings. The number of hydrogen-bond acceptors (Lipinski definition) is 2. The van der Waals surface area contributed by atoms with Crippen molar-refractivity contribution in [1.82, 2.24) is 0 Å². The first-order valence-corrected chi connectivity index (χ1v) is 6.78. The van der Waals surface area contributed by atoms with Crippen molar-refractivity contribution >= 4 is 0 Å². The molecule has 2 heteroatoms. The number of rotatable bonds is 5. The summed E-state index contributed by atoms with van der Waals surface area (Å²) in [5, 5.41) is 9.05. The molecule has 3 rings (SSSR count). The van der Waals surface area contributed by atoms with E-state index in [4.69, 9.17) is 9.84 Å². The van der Waals surface area contributed by atoms with Crippen LogP contribution in [0.3, 0.4) is 0 Å². The van der Waals surface area contributed by atoms with Gasteiger partial charge in [-0.25, -0.2) is 0 Å². The first-order chi connectivity index (χ1) is 9.38. The zero-order valence-corrected chi connectivity index (χ0v) is 10.9. The van der Waals surface area contributed by atoms with Crippen LogP contribution in [-0.2, 0) is 12.8 Å². The minimum atomic E-state index is 0.159. The van der Waals surface area contributed by atoms with Crippen LogP contribution in [0.25, 0.3) is 0 Å². The zero-order chi connectivity index (χ0) is 13.1. The van der Waals surface area contributed by atoms with Crippen LogP contribution in [0.1, 0.15) is 22.6 Å². The Bertz CT molecular complexity index is 563. The van der Waals surface area contributed by atoms with Gasteiger partial charge in [0.15, 0.2) is 0 Å². The Kier molecular flexibility index (Phi) is 3.51. The molecule has 0 radical (unpaired) electrons. The van der Waals surface area contributed by atoms with Crippen molar-refractivity contribution in [2.45, 2.75) is 18.8 Å². The number of hydrogen-bond donors (Lipinski definition) is 1. The molecular weight excluding hydrogens is 236 g/mol. The average Bonchev–Trinajstić information content (AvgIpc) is 2.42. The minimum absolute atomic E-state index is 0.159. The van der Waals surface area contributed by atoms with Gasteiger partial charge < -0.3 is 9.84 Å². The summed E-state index contributed by atoms with van der Waals surface area (Å²) in [5.74, 6) is 1.42. The van der Waals surface area contributed by atoms with Gasteiger partial charge in [0, 0.05) is 12.5 Å². The Morgan fingerprint density at radius 3 is 2.68 bits per heavy atom. The summed E-state index contributed by atoms with van der Waals surface area (Å²) in [6.45, 7) is 0.881. The van der Waals surface area contributed by atoms with E-state index in [1.54, 1.807) is 0 Å². The van der Waals surface area contributed by atoms with Gasteiger partial charge in [0.05, 0.1) is 6.61 Å². The fourth-order valence-corrected chi connectivity index (χ4v) is 2.67. The highest BCUT2D eigenvalue weighted by atomic mass is 16.5. The van der Waals surface area contributed by atoms with Gasteiger partial charge >= 0.3 is 0 Å². The third-order valence-electron chi connectivity index (χ3n) is 3.76. The number of para-hydroxylation sites is 1. The van der Waals surface area contributed by atoms with E-state index < -0.39 is 0 Å². The molecule has 0 bridgehead atoms. The maximum atomic E-state index is 9.05. The fraction of sp³-hybridized carbons (Fsp3) is 0.294. The molecule has 0 aromatic heterocycles. The van der Waals surface area contributed by atoms with Crippen LogP contribution in [0.15, 0.2) is 48.5 Å². The highest BCUT2D eigenvalue weighted by molar-refractivity contribution is 5.40. The SMILES string of the molecule is OCCc1ccccc1OCC1Cc2ccccc21. The van der Waals surface area contributed by atoms with Gasteiger partial charge in [0.25, 0.3) is 0 Å². The summed E-state index contributed by atoms with van der Waals surface area (Å²) >= 11 is 0. The predicted octanol–water partition coefficient (Wildman–Crippen LogP) is 2.94. The molecule has 1 aliphatic carbocycles. The molecule has 19 heavy (non-hydrogen) atoms. The van der Waals surface area contributed by atoms with E-state index >= 15 is 0 Å². The van der Waals surface area contributed by atoms with Gasteiger partial charge in [-0.1, -0.05) is 42.5 Å². The van der Waals surface area contributed by atoms with Crippen LogP contribution in [0.2, 0.25) is 0 Å². The molecule has 0 spiro atoms. The van der Waals surface area contributed by atoms with E-state index in [1.165, 1.54) is 11.1 Å². The Hall–Kier alpha value is -1.80. The average molecular weight is 254 g/mol. The van der Waals surface area contributed by atoms with E-state index in [-0.39, 0.29) is 6.61 Å². The summed E-state index contributed by atoms with van der Waals surface area (Å²) in [7, 11) is 0. The molecule has 2 nitrogen and oxygen atoms in total. The molecule has 0 saturated carbocycles. The van der Waals surface area contributed by atoms with Crippen LogP contribution >= 0.6 is 0 Å². The first kappa shape index (κ1) is 12.2. The number of aliphatic hydroxyl groups is 1. The van der Waals surface area contributed by atoms with E-state index in [1.807, 2.05) is 24.3 Å². The Labute approximate surface area is 113 Å². The largest absolute Gasteiger partial charge is 0.493 e. The molecule has 98 valence electrons. The van der Waals surface area contributed by atoms with Crippen molar-refractivity contribution in [3.05, 3.63) is 65.2 Å². The van der Waals surface area contributed by atoms with Crippen molar-refractivity contribution in [1.29, 1.82) is 0 Å². The van der Waals surface area contributed by atoms with Gasteiger partial charge in [-0.15, -0.1) is 0 Å². The van der Waals surface area contributed by atoms with Crippen molar-refractivity contribution in [2.75, 3.05) is 13.2 Å². The zero-order valence-electron chi connectivity index (χ0n) is 10.9. The standard InChI is InChI=1S/C17H18O2/c18-10-9-13-5-2-4-8-17(13)19-12-15-11-14-6-1-3-7-16(14)15/h1-8,15,18H,9-12H2. The minimum Gasteiger partial charge on any atom is -0.493 e. The maximum absolute atomic E-state index is 9.05. The highest BCUT2D eigenvalue weighted by Crippen LogP contribution is 2.35. The van der Waals surface area contributed by atoms with Crippen LogP contribution in [0, 0.1) is 0 Å². The summed E-state index contributed by atoms with van der Waals surface area (Å²) in [6, 6.07) is 16.5. The normalized spacial score (nSPS) is 16.6. The van der Waals surface area contributed by atoms with Crippen LogP contribution in [0.5, 0.6) is 5.75 Å². The number of benzene rings is 2. The molecule has 0 amide bonds. The Morgan fingerprint density at radius 2 is 1.84 bits per heavy atom. The Morgan fingerprint density at radius 1 is 1.05 bits per heavy atom. The first-order valence-electron chi connectivity index (χ1n) is 6.78. The van der Waals surface area contributed by atoms with Crippen molar-refractivity contribution in [2.24, 2.45) is 0 Å². The van der Waals surface area contributed by atoms with Gasteiger partial charge in [0.2, 0.25) is 0 Å². The van der Waals surface area contributed by atoms with E-state index in [9.17, 15) is 0 Å². The lowest BCUT2D eigenvalue weighted by molar-refractivity contribution is 0.266. The highest BCUT2D eigenvalue weighted by Gasteiger charge is 2.25. The van der Waals surface area contributed by atoms with Crippen LogP contribution in [0.4, 0.5) is 0 Å². The summed E-state index contributed by atoms with van der Waals surface area (Å²) < 4.78 is 5.94. The van der Waals surface area contributed by atoms with E-state index in [2.05, 4.69) is 24.3 Å². The van der Waals surface area contributed by atoms with Gasteiger partial charge in [-0.05, 0) is 35.6 Å². The second-order valence-electron chi connectivity index (χ2n) is 4.99. The molecule has 0 fully saturated rings. The molecular formula is C17H18O2. The van der Waals surface area contributed by atoms with Gasteiger partial charge in [-0.2, -0.15) is 0 Å². The number of ether oxygens (including phenoxy) is 1. The third-order valence-corrected chi connectivity index (χ3v) is 3.76. The lowest BCUT2D eigenvalue weighted by Gasteiger charge is -2.30. The molecule has 1 N–H and O–H groups in total. The van der Waals surface area contributed by atoms with E-state index in [0.29, 0.717) is 12.3 Å². The molecule has 0 saturated heterocycles. The molecule has 0 heterocycles. The Balaban J connectivity index is 1.65. The van der Waals surface area contributed by atoms with Crippen LogP contribution < -0.4 is 4.74 Å². The summed E-state index contributed by atoms with van der Waals surface area (Å²) in [4.78, 5) is 0. The topological polar surface area (TPSA) is 29.5 Å². The third kappa shape index (κ3) is 2.49.